The normalized spacial score (nSPS) is 8.00. The maximum absolute atomic E-state index is 10.4. The van der Waals surface area contributed by atoms with Crippen molar-refractivity contribution >= 4 is 5.78 Å². The topological polar surface area (TPSA) is 42.9 Å². The molecule has 0 saturated heterocycles. The Morgan fingerprint density at radius 2 is 2.20 bits per heavy atom. The molecule has 0 atom stereocenters. The molecular weight excluding hydrogens is 155 g/mol. The first-order valence-electron chi connectivity index (χ1n) is 2.43. The van der Waals surface area contributed by atoms with Crippen molar-refractivity contribution in [2.75, 3.05) is 0 Å². The quantitative estimate of drug-likeness (QED) is 0.259. The van der Waals surface area contributed by atoms with Gasteiger partial charge in [-0.3, -0.25) is 4.98 Å². The molecule has 0 fully saturated rings. The van der Waals surface area contributed by atoms with Crippen molar-refractivity contribution in [2.24, 2.45) is 0 Å². The van der Waals surface area contributed by atoms with E-state index in [2.05, 4.69) is 16.9 Å². The molecule has 0 aliphatic carbocycles. The minimum Gasteiger partial charge on any atom is -0.344 e. The van der Waals surface area contributed by atoms with Crippen LogP contribution in [0.5, 0.6) is 0 Å². The van der Waals surface area contributed by atoms with Crippen LogP contribution in [0.1, 0.15) is 10.5 Å². The van der Waals surface area contributed by atoms with Gasteiger partial charge in [0.25, 0.3) is 0 Å². The van der Waals surface area contributed by atoms with Gasteiger partial charge in [-0.25, -0.2) is 0 Å². The zero-order valence-corrected chi connectivity index (χ0v) is 8.86. The summed E-state index contributed by atoms with van der Waals surface area (Å²) in [7, 11) is 0. The third-order valence-electron chi connectivity index (χ3n) is 0.849. The monoisotopic (exact) mass is 160 g/mol. The van der Waals surface area contributed by atoms with Gasteiger partial charge in [-0.05, 0) is 11.9 Å². The van der Waals surface area contributed by atoms with Gasteiger partial charge in [0.15, 0.2) is 0 Å². The first-order chi connectivity index (χ1) is 4.30. The van der Waals surface area contributed by atoms with Crippen molar-refractivity contribution in [2.45, 2.75) is 0 Å². The molecule has 0 bridgehead atoms. The van der Waals surface area contributed by atoms with Crippen LogP contribution in [-0.2, 0) is 0 Å². The summed E-state index contributed by atoms with van der Waals surface area (Å²) in [6.07, 6.45) is 4.35. The van der Waals surface area contributed by atoms with Gasteiger partial charge in [0, 0.05) is 18.2 Å². The molecule has 0 spiro atoms. The summed E-state index contributed by atoms with van der Waals surface area (Å²) in [5.41, 5.74) is 0.303. The largest absolute Gasteiger partial charge is 1.00 e. The zero-order chi connectivity index (χ0) is 6.69. The molecule has 10 heavy (non-hydrogen) atoms. The predicted molar refractivity (Wildman–Crippen MR) is 31.7 cm³/mol. The Hall–Kier alpha value is 0.256. The molecule has 1 rings (SSSR count). The fourth-order valence-electron chi connectivity index (χ4n) is 0.443. The second-order valence-electron chi connectivity index (χ2n) is 1.51. The van der Waals surface area contributed by atoms with E-state index in [9.17, 15) is 4.79 Å². The van der Waals surface area contributed by atoms with E-state index in [1.807, 2.05) is 0 Å². The number of hydrogen-bond donors (Lipinski definition) is 0. The molecule has 0 unspecified atom stereocenters. The Morgan fingerprint density at radius 3 is 2.50 bits per heavy atom. The third-order valence-corrected chi connectivity index (χ3v) is 0.849. The maximum atomic E-state index is 10.4. The van der Waals surface area contributed by atoms with Crippen molar-refractivity contribution in [3.63, 3.8) is 0 Å². The molecule has 0 aromatic carbocycles. The Kier molecular flexibility index (Phi) is 5.11. The second-order valence-corrected chi connectivity index (χ2v) is 1.51. The molecule has 3 nitrogen and oxygen atoms in total. The van der Waals surface area contributed by atoms with Crippen LogP contribution in [0.15, 0.2) is 18.6 Å². The predicted octanol–water partition coefficient (Wildman–Crippen LogP) is -2.50. The summed E-state index contributed by atoms with van der Waals surface area (Å²) < 4.78 is 0. The number of aromatic nitrogens is 2. The number of Topliss-reactive ketones (excluding diaryl/α,β-unsaturated/α-hetero) is 1. The molecule has 1 heterocycles. The molecule has 0 amide bonds. The maximum Gasteiger partial charge on any atom is 1.00 e. The molecule has 0 N–H and O–H groups in total. The fourth-order valence-corrected chi connectivity index (χ4v) is 0.443. The second kappa shape index (κ2) is 4.98. The Labute approximate surface area is 102 Å². The molecule has 0 saturated carbocycles. The van der Waals surface area contributed by atoms with Crippen molar-refractivity contribution in [3.8, 4) is 0 Å². The average Bonchev–Trinajstić information content (AvgIpc) is 1.90. The van der Waals surface area contributed by atoms with Crippen molar-refractivity contribution in [1.29, 1.82) is 0 Å². The molecule has 0 radical (unpaired) electrons. The van der Waals surface area contributed by atoms with Crippen molar-refractivity contribution in [1.82, 2.24) is 9.97 Å². The standard InChI is InChI=1S/C6H5N2O.K/c1-5(9)6-4-7-2-3-8-6;/h2-4H,1H2;/q-1;+1. The molecule has 46 valence electrons. The number of nitrogens with zero attached hydrogens (tertiary/aromatic N) is 2. The van der Waals surface area contributed by atoms with Gasteiger partial charge in [0.05, 0.1) is 0 Å². The SMILES string of the molecule is [CH2-]C(=O)c1cnccn1.[K+]. The van der Waals surface area contributed by atoms with Gasteiger partial charge in [0.1, 0.15) is 0 Å². The summed E-state index contributed by atoms with van der Waals surface area (Å²) in [5, 5.41) is 0. The fraction of sp³-hybridized carbons (Fsp3) is 0. The van der Waals surface area contributed by atoms with E-state index < -0.39 is 0 Å². The molecule has 1 aromatic heterocycles. The summed E-state index contributed by atoms with van der Waals surface area (Å²) in [4.78, 5) is 17.8. The van der Waals surface area contributed by atoms with E-state index >= 15 is 0 Å². The number of ketones is 1. The van der Waals surface area contributed by atoms with Crippen LogP contribution >= 0.6 is 0 Å². The van der Waals surface area contributed by atoms with Gasteiger partial charge < -0.3 is 9.78 Å². The zero-order valence-electron chi connectivity index (χ0n) is 5.74. The van der Waals surface area contributed by atoms with Crippen LogP contribution in [0.25, 0.3) is 0 Å². The Bertz CT molecular complexity index is 212. The van der Waals surface area contributed by atoms with E-state index in [4.69, 9.17) is 0 Å². The van der Waals surface area contributed by atoms with E-state index in [0.717, 1.165) is 0 Å². The van der Waals surface area contributed by atoms with Gasteiger partial charge in [-0.2, -0.15) is 6.92 Å². The minimum atomic E-state index is -0.303. The molecule has 1 aromatic rings. The van der Waals surface area contributed by atoms with Crippen LogP contribution in [0, 0.1) is 6.92 Å². The van der Waals surface area contributed by atoms with E-state index in [0.29, 0.717) is 5.69 Å². The number of rotatable bonds is 1. The van der Waals surface area contributed by atoms with Crippen LogP contribution < -0.4 is 51.4 Å². The van der Waals surface area contributed by atoms with Crippen LogP contribution in [0.2, 0.25) is 0 Å². The smallest absolute Gasteiger partial charge is 0.344 e. The Balaban J connectivity index is 0.000000810. The summed E-state index contributed by atoms with van der Waals surface area (Å²) >= 11 is 0. The van der Waals surface area contributed by atoms with Crippen LogP contribution in [0.3, 0.4) is 0 Å². The first kappa shape index (κ1) is 10.3. The first-order valence-corrected chi connectivity index (χ1v) is 2.43. The van der Waals surface area contributed by atoms with Gasteiger partial charge >= 0.3 is 51.4 Å². The third kappa shape index (κ3) is 2.89. The molecular formula is C6H5KN2O. The Morgan fingerprint density at radius 1 is 1.50 bits per heavy atom. The number of carbonyl (C=O) groups excluding carboxylic acids is 1. The summed E-state index contributed by atoms with van der Waals surface area (Å²) in [5.74, 6) is -0.303. The van der Waals surface area contributed by atoms with Gasteiger partial charge in [0.2, 0.25) is 0 Å². The van der Waals surface area contributed by atoms with E-state index in [-0.39, 0.29) is 57.2 Å². The van der Waals surface area contributed by atoms with Crippen LogP contribution in [-0.4, -0.2) is 15.8 Å². The van der Waals surface area contributed by atoms with Crippen molar-refractivity contribution in [3.05, 3.63) is 31.2 Å². The summed E-state index contributed by atoms with van der Waals surface area (Å²) in [6.45, 7) is 3.17. The van der Waals surface area contributed by atoms with Crippen LogP contribution in [0.4, 0.5) is 0 Å². The number of carbonyl (C=O) groups is 1. The van der Waals surface area contributed by atoms with Gasteiger partial charge in [-0.1, -0.05) is 0 Å². The van der Waals surface area contributed by atoms with E-state index in [1.54, 1.807) is 0 Å². The molecule has 0 aliphatic rings. The minimum absolute atomic E-state index is 0. The average molecular weight is 160 g/mol. The van der Waals surface area contributed by atoms with Gasteiger partial charge in [-0.15, -0.1) is 0 Å². The van der Waals surface area contributed by atoms with Crippen molar-refractivity contribution < 1.29 is 56.2 Å². The molecule has 0 aliphatic heterocycles. The molecule has 4 heteroatoms. The summed E-state index contributed by atoms with van der Waals surface area (Å²) in [6, 6.07) is 0. The number of hydrogen-bond acceptors (Lipinski definition) is 3. The van der Waals surface area contributed by atoms with E-state index in [1.165, 1.54) is 18.6 Å².